The maximum Gasteiger partial charge on any atom is 0.123 e. The molecule has 0 aliphatic heterocycles. The number of aromatic hydroxyl groups is 1. The Morgan fingerprint density at radius 3 is 1.44 bits per heavy atom. The zero-order chi connectivity index (χ0) is 26.9. The van der Waals surface area contributed by atoms with Gasteiger partial charge in [0.15, 0.2) is 0 Å². The molecule has 2 nitrogen and oxygen atoms in total. The summed E-state index contributed by atoms with van der Waals surface area (Å²) in [7, 11) is 0. The highest BCUT2D eigenvalue weighted by atomic mass is 16.3. The molecule has 2 rings (SSSR count). The summed E-state index contributed by atoms with van der Waals surface area (Å²) >= 11 is 0. The standard InChI is InChI=1S/C32H52O2/c1-20-16-17-32(30(11,12)13,26(34)24(20)29(8,9)10)31(14,15)21-18-22(27(2,3)4)25(33)23(19-21)28(5,6)7/h16-19,26,33-34H,1-15H3. The van der Waals surface area contributed by atoms with Crippen molar-refractivity contribution in [1.82, 2.24) is 0 Å². The number of aliphatic hydroxyl groups excluding tert-OH is 1. The molecule has 0 saturated carbocycles. The zero-order valence-corrected chi connectivity index (χ0v) is 24.8. The predicted octanol–water partition coefficient (Wildman–Crippen LogP) is 8.59. The van der Waals surface area contributed by atoms with Crippen LogP contribution in [0.5, 0.6) is 5.75 Å². The van der Waals surface area contributed by atoms with Gasteiger partial charge in [0.05, 0.1) is 6.10 Å². The third kappa shape index (κ3) is 4.52. The van der Waals surface area contributed by atoms with Gasteiger partial charge in [-0.2, -0.15) is 0 Å². The molecule has 0 radical (unpaired) electrons. The Balaban J connectivity index is 2.99. The van der Waals surface area contributed by atoms with E-state index in [0.29, 0.717) is 5.75 Å². The number of rotatable bonds is 2. The van der Waals surface area contributed by atoms with E-state index in [2.05, 4.69) is 128 Å². The lowest BCUT2D eigenvalue weighted by molar-refractivity contribution is -0.0570. The van der Waals surface area contributed by atoms with E-state index in [1.807, 2.05) is 0 Å². The first-order chi connectivity index (χ1) is 14.9. The van der Waals surface area contributed by atoms with Crippen molar-refractivity contribution in [2.24, 2.45) is 16.2 Å². The summed E-state index contributed by atoms with van der Waals surface area (Å²) in [6.45, 7) is 33.0. The van der Waals surface area contributed by atoms with Crippen LogP contribution in [0.15, 0.2) is 35.4 Å². The Hall–Kier alpha value is -1.54. The van der Waals surface area contributed by atoms with Crippen LogP contribution < -0.4 is 0 Å². The molecular formula is C32H52O2. The van der Waals surface area contributed by atoms with E-state index in [1.54, 1.807) is 0 Å². The molecule has 192 valence electrons. The molecule has 0 amide bonds. The first-order valence-corrected chi connectivity index (χ1v) is 12.9. The van der Waals surface area contributed by atoms with Gasteiger partial charge >= 0.3 is 0 Å². The largest absolute Gasteiger partial charge is 0.507 e. The zero-order valence-electron chi connectivity index (χ0n) is 24.8. The number of aliphatic hydroxyl groups is 1. The number of phenols is 1. The first-order valence-electron chi connectivity index (χ1n) is 12.9. The first kappa shape index (κ1) is 28.7. The third-order valence-corrected chi connectivity index (χ3v) is 8.26. The molecule has 0 heterocycles. The van der Waals surface area contributed by atoms with Crippen molar-refractivity contribution in [1.29, 1.82) is 0 Å². The molecule has 2 atom stereocenters. The van der Waals surface area contributed by atoms with E-state index in [-0.39, 0.29) is 21.7 Å². The molecule has 1 aromatic rings. The number of allylic oxidation sites excluding steroid dienone is 2. The van der Waals surface area contributed by atoms with Crippen LogP contribution >= 0.6 is 0 Å². The molecule has 1 aromatic carbocycles. The highest BCUT2D eigenvalue weighted by Crippen LogP contribution is 2.61. The molecule has 2 unspecified atom stereocenters. The third-order valence-electron chi connectivity index (χ3n) is 8.26. The predicted molar refractivity (Wildman–Crippen MR) is 148 cm³/mol. The van der Waals surface area contributed by atoms with Gasteiger partial charge in [0.25, 0.3) is 0 Å². The van der Waals surface area contributed by atoms with Crippen LogP contribution in [0.2, 0.25) is 0 Å². The highest BCUT2D eigenvalue weighted by Gasteiger charge is 2.59. The van der Waals surface area contributed by atoms with E-state index in [4.69, 9.17) is 0 Å². The Bertz CT molecular complexity index is 956. The monoisotopic (exact) mass is 468 g/mol. The second-order valence-corrected chi connectivity index (χ2v) is 15.2. The lowest BCUT2D eigenvalue weighted by Crippen LogP contribution is -2.59. The van der Waals surface area contributed by atoms with Gasteiger partial charge in [-0.05, 0) is 56.4 Å². The van der Waals surface area contributed by atoms with Gasteiger partial charge in [0.2, 0.25) is 0 Å². The van der Waals surface area contributed by atoms with Gasteiger partial charge in [-0.25, -0.2) is 0 Å². The topological polar surface area (TPSA) is 40.5 Å². The van der Waals surface area contributed by atoms with Crippen LogP contribution in [-0.2, 0) is 16.2 Å². The van der Waals surface area contributed by atoms with Gasteiger partial charge in [-0.15, -0.1) is 0 Å². The number of hydrogen-bond acceptors (Lipinski definition) is 2. The lowest BCUT2D eigenvalue weighted by atomic mass is 9.45. The second kappa shape index (κ2) is 8.26. The van der Waals surface area contributed by atoms with Gasteiger partial charge in [0, 0.05) is 10.8 Å². The number of phenolic OH excluding ortho intramolecular Hbond substituents is 1. The van der Waals surface area contributed by atoms with Crippen LogP contribution in [0.25, 0.3) is 0 Å². The van der Waals surface area contributed by atoms with E-state index >= 15 is 0 Å². The minimum Gasteiger partial charge on any atom is -0.507 e. The van der Waals surface area contributed by atoms with Crippen molar-refractivity contribution in [2.45, 2.75) is 126 Å². The van der Waals surface area contributed by atoms with Gasteiger partial charge < -0.3 is 10.2 Å². The summed E-state index contributed by atoms with van der Waals surface area (Å²) in [6, 6.07) is 4.39. The van der Waals surface area contributed by atoms with Crippen molar-refractivity contribution >= 4 is 0 Å². The smallest absolute Gasteiger partial charge is 0.123 e. The molecule has 1 aliphatic carbocycles. The van der Waals surface area contributed by atoms with Crippen LogP contribution in [0.3, 0.4) is 0 Å². The molecule has 0 saturated heterocycles. The highest BCUT2D eigenvalue weighted by molar-refractivity contribution is 5.53. The molecular weight excluding hydrogens is 416 g/mol. The fraction of sp³-hybridized carbons (Fsp3) is 0.688. The van der Waals surface area contributed by atoms with Crippen LogP contribution in [-0.4, -0.2) is 16.3 Å². The van der Waals surface area contributed by atoms with E-state index < -0.39 is 16.9 Å². The molecule has 0 fully saturated rings. The maximum atomic E-state index is 12.3. The Labute approximate surface area is 210 Å². The Kier molecular flexibility index (Phi) is 6.97. The van der Waals surface area contributed by atoms with Gasteiger partial charge in [0.1, 0.15) is 5.75 Å². The SMILES string of the molecule is CC1=C(C(C)(C)C)C(O)C(C(C)(C)C)(C(C)(C)c2cc(C(C)(C)C)c(O)c(C(C)(C)C)c2)C=C1. The van der Waals surface area contributed by atoms with Crippen molar-refractivity contribution in [3.63, 3.8) is 0 Å². The molecule has 0 aromatic heterocycles. The van der Waals surface area contributed by atoms with Gasteiger partial charge in [-0.3, -0.25) is 0 Å². The normalized spacial score (nSPS) is 23.0. The molecule has 2 heteroatoms. The summed E-state index contributed by atoms with van der Waals surface area (Å²) in [5, 5.41) is 23.6. The quantitative estimate of drug-likeness (QED) is 0.456. The Morgan fingerprint density at radius 1 is 0.706 bits per heavy atom. The summed E-state index contributed by atoms with van der Waals surface area (Å²) < 4.78 is 0. The molecule has 1 aliphatic rings. The fourth-order valence-electron chi connectivity index (χ4n) is 6.41. The average Bonchev–Trinajstić information content (AvgIpc) is 2.57. The van der Waals surface area contributed by atoms with Crippen molar-refractivity contribution in [3.8, 4) is 5.75 Å². The number of hydrogen-bond donors (Lipinski definition) is 2. The van der Waals surface area contributed by atoms with Crippen molar-refractivity contribution < 1.29 is 10.2 Å². The lowest BCUT2D eigenvalue weighted by Gasteiger charge is -2.59. The summed E-state index contributed by atoms with van der Waals surface area (Å²) in [5.41, 5.74) is 3.58. The summed E-state index contributed by atoms with van der Waals surface area (Å²) in [4.78, 5) is 0. The van der Waals surface area contributed by atoms with E-state index in [1.165, 1.54) is 0 Å². The van der Waals surface area contributed by atoms with Crippen LogP contribution in [0.1, 0.15) is 121 Å². The van der Waals surface area contributed by atoms with E-state index in [0.717, 1.165) is 27.8 Å². The average molecular weight is 469 g/mol. The molecule has 2 N–H and O–H groups in total. The molecule has 0 bridgehead atoms. The van der Waals surface area contributed by atoms with E-state index in [9.17, 15) is 10.2 Å². The second-order valence-electron chi connectivity index (χ2n) is 15.2. The Morgan fingerprint density at radius 2 is 1.12 bits per heavy atom. The van der Waals surface area contributed by atoms with Crippen molar-refractivity contribution in [2.75, 3.05) is 0 Å². The fourth-order valence-corrected chi connectivity index (χ4v) is 6.41. The maximum absolute atomic E-state index is 12.3. The minimum atomic E-state index is -0.627. The molecule has 0 spiro atoms. The number of benzene rings is 1. The molecule has 34 heavy (non-hydrogen) atoms. The van der Waals surface area contributed by atoms with Crippen molar-refractivity contribution in [3.05, 3.63) is 52.1 Å². The van der Waals surface area contributed by atoms with Crippen LogP contribution in [0, 0.1) is 16.2 Å². The minimum absolute atomic E-state index is 0.150. The summed E-state index contributed by atoms with van der Waals surface area (Å²) in [5.74, 6) is 0.398. The van der Waals surface area contributed by atoms with Gasteiger partial charge in [-0.1, -0.05) is 121 Å². The van der Waals surface area contributed by atoms with Crippen LogP contribution in [0.4, 0.5) is 0 Å². The summed E-state index contributed by atoms with van der Waals surface area (Å²) in [6.07, 6.45) is 3.89.